The highest BCUT2D eigenvalue weighted by molar-refractivity contribution is 5.99. The maximum Gasteiger partial charge on any atom is 0.308 e. The van der Waals surface area contributed by atoms with Gasteiger partial charge in [0.2, 0.25) is 0 Å². The lowest BCUT2D eigenvalue weighted by atomic mass is 10.0. The van der Waals surface area contributed by atoms with Crippen molar-refractivity contribution in [2.45, 2.75) is 142 Å². The van der Waals surface area contributed by atoms with E-state index < -0.39 is 41.6 Å². The van der Waals surface area contributed by atoms with Gasteiger partial charge in [-0.25, -0.2) is 8.78 Å². The van der Waals surface area contributed by atoms with E-state index in [9.17, 15) is 28.0 Å². The predicted molar refractivity (Wildman–Crippen MR) is 291 cm³/mol. The monoisotopic (exact) mass is 988 g/mol. The van der Waals surface area contributed by atoms with Crippen LogP contribution in [0.2, 0.25) is 0 Å². The fraction of sp³-hybridized carbons (Fsp3) is 0.387. The molecule has 0 saturated heterocycles. The van der Waals surface area contributed by atoms with Gasteiger partial charge in [0.05, 0.1) is 12.1 Å². The Bertz CT molecular complexity index is 2220. The summed E-state index contributed by atoms with van der Waals surface area (Å²) in [4.78, 5) is 51.3. The van der Waals surface area contributed by atoms with Gasteiger partial charge in [-0.2, -0.15) is 0 Å². The van der Waals surface area contributed by atoms with Gasteiger partial charge in [0, 0.05) is 31.4 Å². The Hall–Kier alpha value is -6.68. The predicted octanol–water partition coefficient (Wildman–Crippen LogP) is 15.9. The quantitative estimate of drug-likeness (QED) is 0.0311. The summed E-state index contributed by atoms with van der Waals surface area (Å²) in [6, 6.07) is 7.16. The van der Waals surface area contributed by atoms with E-state index in [4.69, 9.17) is 14.2 Å². The molecule has 0 aliphatic rings. The maximum atomic E-state index is 14.7. The summed E-state index contributed by atoms with van der Waals surface area (Å²) in [6.45, 7) is 4.88. The highest BCUT2D eigenvalue weighted by atomic mass is 19.1. The highest BCUT2D eigenvalue weighted by Gasteiger charge is 2.22. The molecule has 0 spiro atoms. The molecule has 0 aliphatic heterocycles. The normalized spacial score (nSPS) is 12.9. The summed E-state index contributed by atoms with van der Waals surface area (Å²) >= 11 is 0. The van der Waals surface area contributed by atoms with Gasteiger partial charge >= 0.3 is 17.9 Å². The van der Waals surface area contributed by atoms with Gasteiger partial charge in [-0.1, -0.05) is 160 Å². The third-order valence-electron chi connectivity index (χ3n) is 10.5. The number of unbranched alkanes of at least 4 members (excludes halogenated alkanes) is 3. The Morgan fingerprint density at radius 1 is 0.542 bits per heavy atom. The molecule has 0 bridgehead atoms. The van der Waals surface area contributed by atoms with Crippen molar-refractivity contribution < 1.29 is 42.2 Å². The number of nitrogens with one attached hydrogen (secondary N) is 1. The van der Waals surface area contributed by atoms with Crippen LogP contribution in [0.25, 0.3) is 11.1 Å². The van der Waals surface area contributed by atoms with E-state index in [-0.39, 0.29) is 48.4 Å². The van der Waals surface area contributed by atoms with E-state index in [1.165, 1.54) is 31.2 Å². The first kappa shape index (κ1) is 61.4. The number of carbonyl (C=O) groups excluding carboxylic acids is 4. The second-order valence-corrected chi connectivity index (χ2v) is 16.7. The van der Waals surface area contributed by atoms with Crippen LogP contribution in [0.3, 0.4) is 0 Å². The van der Waals surface area contributed by atoms with Gasteiger partial charge in [-0.05, 0) is 126 Å². The topological polar surface area (TPSA) is 108 Å². The molecule has 0 heterocycles. The standard InChI is InChI=1S/C62H79F2NO7/c1-4-6-8-10-12-14-16-18-20-22-24-26-28-30-32-34-36-38-40-42-60(67)70-51-55(50-65-62(69)57-48-53(44-47-59(57)71-52(3)66)56-46-45-54(63)49-58(56)64)72-61(68)43-41-39-37-35-33-31-29-27-25-23-21-19-17-15-13-11-9-7-5-2/h6-9,12-15,18-21,24-27,30-33,37,39,44-49,55H,4-5,10-11,16-17,22-23,28-29,34-36,38,40-43,50-51H2,1-3H3,(H,65,69)/b8-6-,9-7-,14-12-,15-13-,20-18-,21-19-,26-24-,27-25-,32-30-,33-31-,39-37-. The molecular formula is C62H79F2NO7. The summed E-state index contributed by atoms with van der Waals surface area (Å²) in [6.07, 6.45) is 60.1. The molecule has 0 radical (unpaired) electrons. The molecule has 1 unspecified atom stereocenters. The molecule has 10 heteroatoms. The number of halogens is 2. The number of allylic oxidation sites excluding steroid dienone is 22. The Kier molecular flexibility index (Phi) is 35.9. The third kappa shape index (κ3) is 32.3. The SMILES string of the molecule is CC/C=C\C/C=C\C/C=C\C/C=C\C/C=C\C/C=C\CCC(=O)OC(CNC(=O)c1cc(-c2ccc(F)cc2F)ccc1OC(C)=O)COC(=O)CCCCC/C=C\C/C=C\C/C=C\C/C=C\C/C=C\CC. The van der Waals surface area contributed by atoms with Crippen LogP contribution in [-0.4, -0.2) is 43.1 Å². The molecule has 2 rings (SSSR count). The average Bonchev–Trinajstić information content (AvgIpc) is 3.36. The number of hydrogen-bond acceptors (Lipinski definition) is 7. The molecule has 1 N–H and O–H groups in total. The van der Waals surface area contributed by atoms with Gasteiger partial charge in [0.15, 0.2) is 6.10 Å². The molecule has 0 saturated carbocycles. The van der Waals surface area contributed by atoms with Crippen LogP contribution >= 0.6 is 0 Å². The number of carbonyl (C=O) groups is 4. The summed E-state index contributed by atoms with van der Waals surface area (Å²) in [5.41, 5.74) is 0.146. The van der Waals surface area contributed by atoms with E-state index in [1.807, 2.05) is 12.2 Å². The molecule has 388 valence electrons. The lowest BCUT2D eigenvalue weighted by molar-refractivity contribution is -0.158. The van der Waals surface area contributed by atoms with Crippen molar-refractivity contribution in [2.75, 3.05) is 13.2 Å². The van der Waals surface area contributed by atoms with E-state index >= 15 is 0 Å². The number of rotatable bonds is 37. The van der Waals surface area contributed by atoms with Crippen LogP contribution in [0.4, 0.5) is 8.78 Å². The van der Waals surface area contributed by atoms with Crippen LogP contribution < -0.4 is 10.1 Å². The average molecular weight is 988 g/mol. The summed E-state index contributed by atoms with van der Waals surface area (Å²) in [5, 5.41) is 2.68. The molecule has 0 aliphatic carbocycles. The van der Waals surface area contributed by atoms with Crippen LogP contribution in [0.1, 0.15) is 147 Å². The van der Waals surface area contributed by atoms with E-state index in [1.54, 1.807) is 0 Å². The molecule has 72 heavy (non-hydrogen) atoms. The summed E-state index contributed by atoms with van der Waals surface area (Å²) in [7, 11) is 0. The zero-order valence-electron chi connectivity index (χ0n) is 43.0. The first-order valence-corrected chi connectivity index (χ1v) is 25.7. The van der Waals surface area contributed by atoms with Crippen molar-refractivity contribution in [1.29, 1.82) is 0 Å². The molecule has 1 amide bonds. The van der Waals surface area contributed by atoms with Crippen molar-refractivity contribution in [3.05, 3.63) is 187 Å². The number of esters is 3. The highest BCUT2D eigenvalue weighted by Crippen LogP contribution is 2.29. The number of ether oxygens (including phenoxy) is 3. The molecule has 8 nitrogen and oxygen atoms in total. The van der Waals surface area contributed by atoms with Crippen molar-refractivity contribution in [1.82, 2.24) is 5.32 Å². The Morgan fingerprint density at radius 2 is 1.03 bits per heavy atom. The fourth-order valence-corrected chi connectivity index (χ4v) is 6.70. The zero-order chi connectivity index (χ0) is 52.1. The minimum Gasteiger partial charge on any atom is -0.462 e. The van der Waals surface area contributed by atoms with Gasteiger partial charge in [-0.3, -0.25) is 19.2 Å². The third-order valence-corrected chi connectivity index (χ3v) is 10.5. The minimum atomic E-state index is -1.04. The molecule has 2 aromatic carbocycles. The lowest BCUT2D eigenvalue weighted by Gasteiger charge is -2.19. The first-order valence-electron chi connectivity index (χ1n) is 25.7. The van der Waals surface area contributed by atoms with Crippen molar-refractivity contribution in [2.24, 2.45) is 0 Å². The van der Waals surface area contributed by atoms with Crippen molar-refractivity contribution >= 4 is 23.8 Å². The van der Waals surface area contributed by atoms with E-state index in [2.05, 4.69) is 141 Å². The van der Waals surface area contributed by atoms with Gasteiger partial charge < -0.3 is 19.5 Å². The first-order chi connectivity index (χ1) is 35.1. The second-order valence-electron chi connectivity index (χ2n) is 16.7. The second kappa shape index (κ2) is 42.0. The lowest BCUT2D eigenvalue weighted by Crippen LogP contribution is -2.38. The van der Waals surface area contributed by atoms with Gasteiger partial charge in [0.1, 0.15) is 24.0 Å². The molecular weight excluding hydrogens is 909 g/mol. The van der Waals surface area contributed by atoms with Crippen LogP contribution in [0.15, 0.2) is 170 Å². The van der Waals surface area contributed by atoms with Gasteiger partial charge in [-0.15, -0.1) is 0 Å². The maximum absolute atomic E-state index is 14.7. The molecule has 0 fully saturated rings. The molecule has 1 atom stereocenters. The minimum absolute atomic E-state index is 0.0274. The smallest absolute Gasteiger partial charge is 0.308 e. The summed E-state index contributed by atoms with van der Waals surface area (Å²) in [5.74, 6) is -4.12. The number of benzene rings is 2. The number of hydrogen-bond donors (Lipinski definition) is 1. The number of amides is 1. The Balaban J connectivity index is 1.89. The van der Waals surface area contributed by atoms with Crippen molar-refractivity contribution in [3.63, 3.8) is 0 Å². The van der Waals surface area contributed by atoms with E-state index in [0.29, 0.717) is 19.3 Å². The zero-order valence-corrected chi connectivity index (χ0v) is 43.0. The molecule has 0 aromatic heterocycles. The molecule has 2 aromatic rings. The van der Waals surface area contributed by atoms with Crippen molar-refractivity contribution in [3.8, 4) is 16.9 Å². The van der Waals surface area contributed by atoms with Gasteiger partial charge in [0.25, 0.3) is 5.91 Å². The van der Waals surface area contributed by atoms with E-state index in [0.717, 1.165) is 95.6 Å². The Morgan fingerprint density at radius 3 is 1.51 bits per heavy atom. The van der Waals surface area contributed by atoms with Crippen LogP contribution in [-0.2, 0) is 23.9 Å². The summed E-state index contributed by atoms with van der Waals surface area (Å²) < 4.78 is 44.9. The largest absolute Gasteiger partial charge is 0.462 e. The van der Waals surface area contributed by atoms with Crippen LogP contribution in [0, 0.1) is 11.6 Å². The Labute approximate surface area is 429 Å². The fourth-order valence-electron chi connectivity index (χ4n) is 6.70. The van der Waals surface area contributed by atoms with Crippen LogP contribution in [0.5, 0.6) is 5.75 Å².